The molecule has 3 heterocycles. The molecule has 1 N–H and O–H groups in total. The highest BCUT2D eigenvalue weighted by molar-refractivity contribution is 7.80. The van der Waals surface area contributed by atoms with Gasteiger partial charge >= 0.3 is 6.09 Å². The monoisotopic (exact) mass is 464 g/mol. The van der Waals surface area contributed by atoms with Crippen molar-refractivity contribution in [2.45, 2.75) is 43.9 Å². The quantitative estimate of drug-likeness (QED) is 0.386. The molecule has 3 aliphatic heterocycles. The topological polar surface area (TPSA) is 106 Å². The number of hydrogen-bond acceptors (Lipinski definition) is 7. The molecule has 1 aromatic rings. The summed E-state index contributed by atoms with van der Waals surface area (Å²) in [6.07, 6.45) is 3.30. The van der Waals surface area contributed by atoms with Crippen LogP contribution in [0.3, 0.4) is 0 Å². The molecule has 3 aliphatic rings. The van der Waals surface area contributed by atoms with E-state index in [0.29, 0.717) is 55.4 Å². The number of nitro groups is 1. The van der Waals surface area contributed by atoms with Crippen molar-refractivity contribution in [1.29, 1.82) is 0 Å². The van der Waals surface area contributed by atoms with Crippen LogP contribution in [-0.2, 0) is 16.0 Å². The van der Waals surface area contributed by atoms with E-state index in [-0.39, 0.29) is 18.3 Å². The molecule has 1 unspecified atom stereocenters. The Bertz CT molecular complexity index is 883. The molecule has 3 fully saturated rings. The lowest BCUT2D eigenvalue weighted by Gasteiger charge is -2.38. The second kappa shape index (κ2) is 9.45. The summed E-state index contributed by atoms with van der Waals surface area (Å²) in [4.78, 5) is 27.0. The van der Waals surface area contributed by atoms with Gasteiger partial charge in [-0.25, -0.2) is 4.79 Å². The van der Waals surface area contributed by atoms with Crippen LogP contribution in [0.2, 0.25) is 0 Å². The lowest BCUT2D eigenvalue weighted by atomic mass is 9.91. The predicted octanol–water partition coefficient (Wildman–Crippen LogP) is 2.44. The van der Waals surface area contributed by atoms with E-state index < -0.39 is 16.6 Å². The Balaban J connectivity index is 1.33. The number of nitrogens with one attached hydrogen (secondary N) is 1. The molecule has 1 atom stereocenters. The van der Waals surface area contributed by atoms with Gasteiger partial charge in [-0.3, -0.25) is 15.0 Å². The number of thiocarbonyl (C=S) groups is 1. The standard InChI is InChI=1S/C21H28N4O6S/c1-29-18-5-4-16(25(27)28)11-15(18)13-24-14-21(31-20(24)26)6-8-23(9-7-21)19(32)22-12-17-3-2-10-30-17/h4-5,11,17H,2-3,6-10,12-14H2,1H3,(H,22,32). The number of nitrogens with zero attached hydrogens (tertiary/aromatic N) is 3. The van der Waals surface area contributed by atoms with E-state index in [1.165, 1.54) is 19.2 Å². The van der Waals surface area contributed by atoms with Gasteiger partial charge in [0.25, 0.3) is 5.69 Å². The second-order valence-corrected chi connectivity index (χ2v) is 8.86. The zero-order valence-electron chi connectivity index (χ0n) is 18.1. The summed E-state index contributed by atoms with van der Waals surface area (Å²) >= 11 is 5.54. The number of methoxy groups -OCH3 is 1. The summed E-state index contributed by atoms with van der Waals surface area (Å²) in [6, 6.07) is 4.38. The molecular formula is C21H28N4O6S. The molecule has 174 valence electrons. The molecule has 1 spiro atoms. The van der Waals surface area contributed by atoms with Crippen LogP contribution in [0.5, 0.6) is 5.75 Å². The van der Waals surface area contributed by atoms with Crippen molar-refractivity contribution in [2.75, 3.05) is 39.9 Å². The number of likely N-dealkylation sites (tertiary alicyclic amines) is 1. The molecule has 1 aromatic carbocycles. The minimum absolute atomic E-state index is 0.0413. The highest BCUT2D eigenvalue weighted by Crippen LogP contribution is 2.35. The van der Waals surface area contributed by atoms with Crippen molar-refractivity contribution >= 4 is 29.1 Å². The molecule has 10 nitrogen and oxygen atoms in total. The van der Waals surface area contributed by atoms with Crippen LogP contribution in [-0.4, -0.2) is 77.5 Å². The van der Waals surface area contributed by atoms with Gasteiger partial charge in [-0.1, -0.05) is 0 Å². The smallest absolute Gasteiger partial charge is 0.410 e. The first-order valence-electron chi connectivity index (χ1n) is 10.8. The third-order valence-electron chi connectivity index (χ3n) is 6.34. The summed E-state index contributed by atoms with van der Waals surface area (Å²) in [7, 11) is 1.50. The van der Waals surface area contributed by atoms with Gasteiger partial charge < -0.3 is 24.4 Å². The van der Waals surface area contributed by atoms with Crippen LogP contribution in [0.25, 0.3) is 0 Å². The maximum atomic E-state index is 12.6. The van der Waals surface area contributed by atoms with Gasteiger partial charge in [-0.05, 0) is 31.1 Å². The number of ether oxygens (including phenoxy) is 3. The zero-order chi connectivity index (χ0) is 22.7. The predicted molar refractivity (Wildman–Crippen MR) is 120 cm³/mol. The van der Waals surface area contributed by atoms with Crippen molar-refractivity contribution < 1.29 is 23.9 Å². The van der Waals surface area contributed by atoms with E-state index in [4.69, 9.17) is 26.4 Å². The van der Waals surface area contributed by atoms with Crippen LogP contribution in [0.15, 0.2) is 18.2 Å². The van der Waals surface area contributed by atoms with Gasteiger partial charge in [0.15, 0.2) is 5.11 Å². The molecule has 3 saturated heterocycles. The fourth-order valence-electron chi connectivity index (χ4n) is 4.52. The number of rotatable bonds is 6. The first-order valence-corrected chi connectivity index (χ1v) is 11.2. The van der Waals surface area contributed by atoms with Crippen molar-refractivity contribution in [1.82, 2.24) is 15.1 Å². The van der Waals surface area contributed by atoms with E-state index >= 15 is 0 Å². The molecule has 0 aliphatic carbocycles. The molecule has 0 saturated carbocycles. The molecule has 0 bridgehead atoms. The van der Waals surface area contributed by atoms with E-state index in [1.807, 2.05) is 0 Å². The summed E-state index contributed by atoms with van der Waals surface area (Å²) < 4.78 is 16.7. The largest absolute Gasteiger partial charge is 0.496 e. The number of piperidine rings is 1. The second-order valence-electron chi connectivity index (χ2n) is 8.47. The highest BCUT2D eigenvalue weighted by atomic mass is 32.1. The number of carbonyl (C=O) groups excluding carboxylic acids is 1. The molecular weight excluding hydrogens is 436 g/mol. The summed E-state index contributed by atoms with van der Waals surface area (Å²) in [5.74, 6) is 0.502. The lowest BCUT2D eigenvalue weighted by molar-refractivity contribution is -0.384. The zero-order valence-corrected chi connectivity index (χ0v) is 18.9. The Kier molecular flexibility index (Phi) is 6.66. The minimum Gasteiger partial charge on any atom is -0.496 e. The normalized spacial score (nSPS) is 22.2. The molecule has 32 heavy (non-hydrogen) atoms. The number of non-ortho nitro benzene ring substituents is 1. The van der Waals surface area contributed by atoms with E-state index in [9.17, 15) is 14.9 Å². The van der Waals surface area contributed by atoms with Gasteiger partial charge in [-0.2, -0.15) is 0 Å². The number of benzene rings is 1. The Morgan fingerprint density at radius 2 is 2.19 bits per heavy atom. The number of nitro benzene ring substituents is 1. The van der Waals surface area contributed by atoms with Gasteiger partial charge in [0, 0.05) is 56.8 Å². The summed E-state index contributed by atoms with van der Waals surface area (Å²) in [6.45, 7) is 3.54. The van der Waals surface area contributed by atoms with Crippen LogP contribution in [0.4, 0.5) is 10.5 Å². The van der Waals surface area contributed by atoms with Gasteiger partial charge in [-0.15, -0.1) is 0 Å². The fraction of sp³-hybridized carbons (Fsp3) is 0.619. The van der Waals surface area contributed by atoms with Crippen molar-refractivity contribution in [2.24, 2.45) is 0 Å². The lowest BCUT2D eigenvalue weighted by Crippen LogP contribution is -2.52. The van der Waals surface area contributed by atoms with E-state index in [1.54, 1.807) is 11.0 Å². The number of hydrogen-bond donors (Lipinski definition) is 1. The van der Waals surface area contributed by atoms with Gasteiger partial charge in [0.2, 0.25) is 0 Å². The Hall–Kier alpha value is -2.66. The molecule has 0 aromatic heterocycles. The molecule has 11 heteroatoms. The third kappa shape index (κ3) is 4.88. The van der Waals surface area contributed by atoms with Crippen LogP contribution < -0.4 is 10.1 Å². The average Bonchev–Trinajstić information content (AvgIpc) is 3.40. The van der Waals surface area contributed by atoms with Crippen molar-refractivity contribution in [3.05, 3.63) is 33.9 Å². The first-order chi connectivity index (χ1) is 15.4. The highest BCUT2D eigenvalue weighted by Gasteiger charge is 2.47. The fourth-order valence-corrected chi connectivity index (χ4v) is 4.78. The van der Waals surface area contributed by atoms with E-state index in [0.717, 1.165) is 19.4 Å². The third-order valence-corrected chi connectivity index (χ3v) is 6.75. The molecule has 4 rings (SSSR count). The molecule has 1 amide bonds. The van der Waals surface area contributed by atoms with Crippen LogP contribution >= 0.6 is 12.2 Å². The van der Waals surface area contributed by atoms with Crippen LogP contribution in [0, 0.1) is 10.1 Å². The number of amides is 1. The van der Waals surface area contributed by atoms with E-state index in [2.05, 4.69) is 10.2 Å². The van der Waals surface area contributed by atoms with Crippen molar-refractivity contribution in [3.63, 3.8) is 0 Å². The number of carbonyl (C=O) groups is 1. The summed E-state index contributed by atoms with van der Waals surface area (Å²) in [5, 5.41) is 15.1. The maximum absolute atomic E-state index is 12.6. The summed E-state index contributed by atoms with van der Waals surface area (Å²) in [5.41, 5.74) is -0.0286. The van der Waals surface area contributed by atoms with Gasteiger partial charge in [0.05, 0.1) is 31.2 Å². The SMILES string of the molecule is COc1ccc([N+](=O)[O-])cc1CN1CC2(CCN(C(=S)NCC3CCCO3)CC2)OC1=O. The van der Waals surface area contributed by atoms with Crippen molar-refractivity contribution in [3.8, 4) is 5.75 Å². The Morgan fingerprint density at radius 1 is 1.41 bits per heavy atom. The average molecular weight is 465 g/mol. The Morgan fingerprint density at radius 3 is 2.84 bits per heavy atom. The Labute approximate surface area is 191 Å². The first kappa shape index (κ1) is 22.5. The van der Waals surface area contributed by atoms with Crippen LogP contribution in [0.1, 0.15) is 31.2 Å². The minimum atomic E-state index is -0.564. The molecule has 0 radical (unpaired) electrons. The van der Waals surface area contributed by atoms with Gasteiger partial charge in [0.1, 0.15) is 11.4 Å². The maximum Gasteiger partial charge on any atom is 0.410 e.